The molecule has 0 fully saturated rings. The zero-order valence-electron chi connectivity index (χ0n) is 12.1. The maximum Gasteiger partial charge on any atom is 0.133 e. The lowest BCUT2D eigenvalue weighted by molar-refractivity contribution is -0.0342. The maximum absolute atomic E-state index is 11.0. The average molecular weight is 351 g/mol. The van der Waals surface area contributed by atoms with Crippen LogP contribution in [0.15, 0.2) is 57.7 Å². The molecule has 0 aliphatic heterocycles. The highest BCUT2D eigenvalue weighted by Crippen LogP contribution is 2.44. The number of rotatable bonds is 4. The standard InChI is InChI=1S/C16H19BrN2O2/c1-15(2)8-7-12(9-19-11-18)16(15,20)10-21-14-5-3-13(17)4-6-14/h3-9,11,20H,10H2,1-2H3,(H2,18,19)/b12-9+. The van der Waals surface area contributed by atoms with Crippen LogP contribution in [0.2, 0.25) is 0 Å². The number of hydrogen-bond acceptors (Lipinski definition) is 3. The maximum atomic E-state index is 11.0. The first kappa shape index (κ1) is 15.8. The zero-order chi connectivity index (χ0) is 15.5. The van der Waals surface area contributed by atoms with Crippen LogP contribution in [0.25, 0.3) is 0 Å². The summed E-state index contributed by atoms with van der Waals surface area (Å²) in [5.41, 5.74) is 4.36. The van der Waals surface area contributed by atoms with Crippen LogP contribution < -0.4 is 10.5 Å². The lowest BCUT2D eigenvalue weighted by Gasteiger charge is -2.37. The largest absolute Gasteiger partial charge is 0.490 e. The molecule has 2 rings (SSSR count). The fraction of sp³-hybridized carbons (Fsp3) is 0.312. The van der Waals surface area contributed by atoms with Crippen LogP contribution in [0, 0.1) is 5.41 Å². The van der Waals surface area contributed by atoms with Gasteiger partial charge < -0.3 is 15.6 Å². The van der Waals surface area contributed by atoms with Gasteiger partial charge in [-0.3, -0.25) is 0 Å². The van der Waals surface area contributed by atoms with E-state index in [1.165, 1.54) is 6.34 Å². The molecule has 1 aromatic carbocycles. The van der Waals surface area contributed by atoms with Gasteiger partial charge in [0.15, 0.2) is 0 Å². The second-order valence-electron chi connectivity index (χ2n) is 5.54. The van der Waals surface area contributed by atoms with Crippen molar-refractivity contribution in [2.45, 2.75) is 19.4 Å². The van der Waals surface area contributed by atoms with E-state index >= 15 is 0 Å². The van der Waals surface area contributed by atoms with Gasteiger partial charge in [-0.05, 0) is 24.3 Å². The first-order valence-electron chi connectivity index (χ1n) is 6.63. The number of hydrogen-bond donors (Lipinski definition) is 2. The van der Waals surface area contributed by atoms with Gasteiger partial charge in [0.1, 0.15) is 18.0 Å². The van der Waals surface area contributed by atoms with Gasteiger partial charge in [0.05, 0.1) is 6.34 Å². The lowest BCUT2D eigenvalue weighted by atomic mass is 9.76. The summed E-state index contributed by atoms with van der Waals surface area (Å²) < 4.78 is 6.74. The summed E-state index contributed by atoms with van der Waals surface area (Å²) in [7, 11) is 0. The summed E-state index contributed by atoms with van der Waals surface area (Å²) in [5, 5.41) is 11.0. The molecule has 0 radical (unpaired) electrons. The van der Waals surface area contributed by atoms with Crippen molar-refractivity contribution in [2.75, 3.05) is 6.61 Å². The van der Waals surface area contributed by atoms with Gasteiger partial charge in [0.2, 0.25) is 0 Å². The van der Waals surface area contributed by atoms with E-state index in [1.54, 1.807) is 6.20 Å². The molecule has 1 atom stereocenters. The predicted molar refractivity (Wildman–Crippen MR) is 88.3 cm³/mol. The molecule has 0 saturated carbocycles. The Balaban J connectivity index is 2.19. The molecule has 112 valence electrons. The van der Waals surface area contributed by atoms with Crippen LogP contribution in [0.3, 0.4) is 0 Å². The number of halogens is 1. The van der Waals surface area contributed by atoms with Gasteiger partial charge in [-0.25, -0.2) is 4.99 Å². The zero-order valence-corrected chi connectivity index (χ0v) is 13.7. The Kier molecular flexibility index (Phi) is 4.54. The van der Waals surface area contributed by atoms with Gasteiger partial charge in [0, 0.05) is 21.7 Å². The summed E-state index contributed by atoms with van der Waals surface area (Å²) >= 11 is 3.38. The summed E-state index contributed by atoms with van der Waals surface area (Å²) in [4.78, 5) is 3.90. The van der Waals surface area contributed by atoms with Crippen LogP contribution in [0.4, 0.5) is 0 Å². The molecule has 1 aliphatic rings. The van der Waals surface area contributed by atoms with Gasteiger partial charge in [-0.1, -0.05) is 41.9 Å². The first-order valence-corrected chi connectivity index (χ1v) is 7.42. The molecule has 0 saturated heterocycles. The summed E-state index contributed by atoms with van der Waals surface area (Å²) in [6, 6.07) is 7.49. The molecular formula is C16H19BrN2O2. The number of ether oxygens (including phenoxy) is 1. The van der Waals surface area contributed by atoms with E-state index in [9.17, 15) is 5.11 Å². The summed E-state index contributed by atoms with van der Waals surface area (Å²) in [6.07, 6.45) is 6.58. The third-order valence-electron chi connectivity index (χ3n) is 3.78. The smallest absolute Gasteiger partial charge is 0.133 e. The quantitative estimate of drug-likeness (QED) is 0.647. The van der Waals surface area contributed by atoms with E-state index < -0.39 is 11.0 Å². The van der Waals surface area contributed by atoms with Crippen molar-refractivity contribution < 1.29 is 9.84 Å². The Hall–Kier alpha value is -1.59. The highest BCUT2D eigenvalue weighted by Gasteiger charge is 2.48. The molecule has 3 N–H and O–H groups in total. The third-order valence-corrected chi connectivity index (χ3v) is 4.31. The normalized spacial score (nSPS) is 25.8. The minimum Gasteiger partial charge on any atom is -0.490 e. The Morgan fingerprint density at radius 1 is 1.33 bits per heavy atom. The van der Waals surface area contributed by atoms with E-state index in [2.05, 4.69) is 20.9 Å². The van der Waals surface area contributed by atoms with Gasteiger partial charge in [-0.2, -0.15) is 0 Å². The fourth-order valence-corrected chi connectivity index (χ4v) is 2.47. The predicted octanol–water partition coefficient (Wildman–Crippen LogP) is 3.03. The molecule has 0 heterocycles. The van der Waals surface area contributed by atoms with Crippen molar-refractivity contribution in [1.82, 2.24) is 0 Å². The van der Waals surface area contributed by atoms with Crippen molar-refractivity contribution >= 4 is 22.3 Å². The molecule has 0 spiro atoms. The topological polar surface area (TPSA) is 67.8 Å². The molecule has 0 bridgehead atoms. The number of nitrogens with two attached hydrogens (primary N) is 1. The Bertz CT molecular complexity index is 591. The van der Waals surface area contributed by atoms with Crippen LogP contribution in [-0.2, 0) is 0 Å². The molecule has 21 heavy (non-hydrogen) atoms. The molecule has 0 amide bonds. The molecule has 1 aromatic rings. The van der Waals surface area contributed by atoms with Gasteiger partial charge in [-0.15, -0.1) is 0 Å². The van der Waals surface area contributed by atoms with E-state index in [0.29, 0.717) is 11.3 Å². The molecule has 4 nitrogen and oxygen atoms in total. The Morgan fingerprint density at radius 2 is 2.00 bits per heavy atom. The van der Waals surface area contributed by atoms with E-state index in [4.69, 9.17) is 10.5 Å². The van der Waals surface area contributed by atoms with Crippen molar-refractivity contribution in [2.24, 2.45) is 16.1 Å². The van der Waals surface area contributed by atoms with Crippen LogP contribution in [0.5, 0.6) is 5.75 Å². The minimum atomic E-state index is -1.15. The highest BCUT2D eigenvalue weighted by atomic mass is 79.9. The average Bonchev–Trinajstić information content (AvgIpc) is 2.67. The SMILES string of the molecule is CC1(C)C=C/C(=C\N=CN)C1(O)COc1ccc(Br)cc1. The second kappa shape index (κ2) is 6.03. The molecule has 0 aromatic heterocycles. The highest BCUT2D eigenvalue weighted by molar-refractivity contribution is 9.10. The second-order valence-corrected chi connectivity index (χ2v) is 6.46. The van der Waals surface area contributed by atoms with E-state index in [0.717, 1.165) is 4.47 Å². The summed E-state index contributed by atoms with van der Waals surface area (Å²) in [6.45, 7) is 4.06. The van der Waals surface area contributed by atoms with Crippen LogP contribution >= 0.6 is 15.9 Å². The van der Waals surface area contributed by atoms with Gasteiger partial charge >= 0.3 is 0 Å². The van der Waals surface area contributed by atoms with E-state index in [-0.39, 0.29) is 6.61 Å². The number of nitrogens with zero attached hydrogens (tertiary/aromatic N) is 1. The van der Waals surface area contributed by atoms with Gasteiger partial charge in [0.25, 0.3) is 0 Å². The number of aliphatic hydroxyl groups is 1. The van der Waals surface area contributed by atoms with Crippen molar-refractivity contribution in [1.29, 1.82) is 0 Å². The van der Waals surface area contributed by atoms with Crippen molar-refractivity contribution in [3.05, 3.63) is 52.7 Å². The molecule has 5 heteroatoms. The third kappa shape index (κ3) is 3.19. The lowest BCUT2D eigenvalue weighted by Crippen LogP contribution is -2.47. The van der Waals surface area contributed by atoms with Crippen LogP contribution in [0.1, 0.15) is 13.8 Å². The molecular weight excluding hydrogens is 332 g/mol. The monoisotopic (exact) mass is 350 g/mol. The van der Waals surface area contributed by atoms with Crippen molar-refractivity contribution in [3.8, 4) is 5.75 Å². The van der Waals surface area contributed by atoms with E-state index in [1.807, 2.05) is 50.3 Å². The number of benzene rings is 1. The summed E-state index contributed by atoms with van der Waals surface area (Å²) in [5.74, 6) is 0.705. The number of aliphatic imine (C=N–C) groups is 1. The fourth-order valence-electron chi connectivity index (χ4n) is 2.21. The Labute approximate surface area is 133 Å². The minimum absolute atomic E-state index is 0.139. The first-order chi connectivity index (χ1) is 9.89. The van der Waals surface area contributed by atoms with Crippen molar-refractivity contribution in [3.63, 3.8) is 0 Å². The van der Waals surface area contributed by atoms with Crippen LogP contribution in [-0.4, -0.2) is 23.7 Å². The molecule has 1 aliphatic carbocycles. The molecule has 1 unspecified atom stereocenters. The Morgan fingerprint density at radius 3 is 2.62 bits per heavy atom.